The normalized spacial score (nSPS) is 11.7. The molecule has 0 aliphatic carbocycles. The van der Waals surface area contributed by atoms with Crippen LogP contribution in [0.1, 0.15) is 34.5 Å². The van der Waals surface area contributed by atoms with E-state index in [0.29, 0.717) is 27.3 Å². The van der Waals surface area contributed by atoms with E-state index in [4.69, 9.17) is 11.6 Å². The van der Waals surface area contributed by atoms with Gasteiger partial charge in [-0.2, -0.15) is 0 Å². The number of hydrogen-bond acceptors (Lipinski definition) is 5. The van der Waals surface area contributed by atoms with Crippen LogP contribution in [0.2, 0.25) is 5.02 Å². The van der Waals surface area contributed by atoms with Crippen molar-refractivity contribution in [3.8, 4) is 11.4 Å². The van der Waals surface area contributed by atoms with Crippen LogP contribution in [0.25, 0.3) is 11.4 Å². The van der Waals surface area contributed by atoms with Crippen molar-refractivity contribution < 1.29 is 9.59 Å². The molecule has 0 bridgehead atoms. The van der Waals surface area contributed by atoms with E-state index >= 15 is 0 Å². The molecule has 5 rings (SSSR count). The summed E-state index contributed by atoms with van der Waals surface area (Å²) in [5, 5.41) is 15.6. The molecule has 0 aliphatic heterocycles. The van der Waals surface area contributed by atoms with E-state index in [1.54, 1.807) is 24.3 Å². The van der Waals surface area contributed by atoms with Crippen molar-refractivity contribution in [2.75, 3.05) is 5.32 Å². The van der Waals surface area contributed by atoms with Crippen LogP contribution in [0.3, 0.4) is 0 Å². The highest BCUT2D eigenvalue weighted by atomic mass is 35.5. The van der Waals surface area contributed by atoms with Crippen LogP contribution in [-0.4, -0.2) is 31.8 Å². The molecule has 5 aromatic rings. The Morgan fingerprint density at radius 1 is 0.805 bits per heavy atom. The molecule has 9 heteroatoms. The standard InChI is InChI=1S/C32H28ClN5O2S/c1-21(30(39)35-28(22-9-5-3-6-10-22)23-11-7-4-8-12-23)41-32-37-36-29(38(32)2)24-15-19-27(20-16-24)34-31(40)25-13-17-26(33)18-14-25/h3-21,28H,1-2H3,(H,34,40)(H,35,39). The zero-order chi connectivity index (χ0) is 28.8. The summed E-state index contributed by atoms with van der Waals surface area (Å²) < 4.78 is 1.86. The van der Waals surface area contributed by atoms with Crippen molar-refractivity contribution in [1.29, 1.82) is 0 Å². The summed E-state index contributed by atoms with van der Waals surface area (Å²) in [6, 6.07) is 33.7. The molecule has 1 aromatic heterocycles. The van der Waals surface area contributed by atoms with Crippen LogP contribution >= 0.6 is 23.4 Å². The van der Waals surface area contributed by atoms with Crippen LogP contribution in [0.5, 0.6) is 0 Å². The molecule has 1 atom stereocenters. The minimum atomic E-state index is -0.411. The number of carbonyl (C=O) groups is 2. The number of benzene rings is 4. The van der Waals surface area contributed by atoms with Crippen molar-refractivity contribution in [3.63, 3.8) is 0 Å². The van der Waals surface area contributed by atoms with E-state index < -0.39 is 5.25 Å². The molecule has 41 heavy (non-hydrogen) atoms. The fraction of sp³-hybridized carbons (Fsp3) is 0.125. The molecule has 0 fully saturated rings. The van der Waals surface area contributed by atoms with E-state index in [-0.39, 0.29) is 17.9 Å². The number of aromatic nitrogens is 3. The molecular formula is C32H28ClN5O2S. The van der Waals surface area contributed by atoms with Crippen LogP contribution < -0.4 is 10.6 Å². The molecule has 0 saturated carbocycles. The summed E-state index contributed by atoms with van der Waals surface area (Å²) in [4.78, 5) is 25.8. The van der Waals surface area contributed by atoms with E-state index in [2.05, 4.69) is 20.8 Å². The van der Waals surface area contributed by atoms with Crippen LogP contribution in [-0.2, 0) is 11.8 Å². The summed E-state index contributed by atoms with van der Waals surface area (Å²) in [5.74, 6) is 0.334. The second-order valence-corrected chi connectivity index (χ2v) is 11.2. The zero-order valence-electron chi connectivity index (χ0n) is 22.5. The Kier molecular flexibility index (Phi) is 8.82. The van der Waals surface area contributed by atoms with Gasteiger partial charge in [0.25, 0.3) is 5.91 Å². The van der Waals surface area contributed by atoms with E-state index in [1.165, 1.54) is 11.8 Å². The minimum Gasteiger partial charge on any atom is -0.344 e. The van der Waals surface area contributed by atoms with Crippen molar-refractivity contribution in [2.45, 2.75) is 23.4 Å². The fourth-order valence-electron chi connectivity index (χ4n) is 4.30. The molecule has 1 unspecified atom stereocenters. The average molecular weight is 582 g/mol. The van der Waals surface area contributed by atoms with Gasteiger partial charge < -0.3 is 15.2 Å². The van der Waals surface area contributed by atoms with Gasteiger partial charge in [0.05, 0.1) is 11.3 Å². The number of rotatable bonds is 9. The van der Waals surface area contributed by atoms with Crippen molar-refractivity contribution in [1.82, 2.24) is 20.1 Å². The van der Waals surface area contributed by atoms with Gasteiger partial charge in [0.2, 0.25) is 5.91 Å². The van der Waals surface area contributed by atoms with Gasteiger partial charge in [0.1, 0.15) is 0 Å². The Bertz CT molecular complexity index is 1590. The number of carbonyl (C=O) groups excluding carboxylic acids is 2. The first-order valence-corrected chi connectivity index (χ1v) is 14.3. The highest BCUT2D eigenvalue weighted by Gasteiger charge is 2.23. The third-order valence-electron chi connectivity index (χ3n) is 6.55. The predicted molar refractivity (Wildman–Crippen MR) is 164 cm³/mol. The number of hydrogen-bond donors (Lipinski definition) is 2. The number of anilines is 1. The molecular weight excluding hydrogens is 554 g/mol. The highest BCUT2D eigenvalue weighted by molar-refractivity contribution is 8.00. The summed E-state index contributed by atoms with van der Waals surface area (Å²) in [7, 11) is 1.87. The van der Waals surface area contributed by atoms with Gasteiger partial charge in [-0.1, -0.05) is 84.0 Å². The summed E-state index contributed by atoms with van der Waals surface area (Å²) in [5.41, 5.74) is 4.03. The maximum atomic E-state index is 13.3. The maximum absolute atomic E-state index is 13.3. The smallest absolute Gasteiger partial charge is 0.255 e. The molecule has 2 N–H and O–H groups in total. The van der Waals surface area contributed by atoms with Gasteiger partial charge in [-0.05, 0) is 66.6 Å². The third-order valence-corrected chi connectivity index (χ3v) is 7.93. The van der Waals surface area contributed by atoms with Gasteiger partial charge in [-0.25, -0.2) is 0 Å². The highest BCUT2D eigenvalue weighted by Crippen LogP contribution is 2.28. The molecule has 0 spiro atoms. The lowest BCUT2D eigenvalue weighted by Crippen LogP contribution is -2.35. The van der Waals surface area contributed by atoms with Gasteiger partial charge in [-0.3, -0.25) is 9.59 Å². The van der Waals surface area contributed by atoms with E-state index in [9.17, 15) is 9.59 Å². The molecule has 0 radical (unpaired) electrons. The number of halogens is 1. The maximum Gasteiger partial charge on any atom is 0.255 e. The molecule has 0 aliphatic rings. The quantitative estimate of drug-likeness (QED) is 0.187. The van der Waals surface area contributed by atoms with Gasteiger partial charge in [-0.15, -0.1) is 10.2 Å². The molecule has 2 amide bonds. The number of thioether (sulfide) groups is 1. The molecule has 206 valence electrons. The molecule has 7 nitrogen and oxygen atoms in total. The Balaban J connectivity index is 1.25. The van der Waals surface area contributed by atoms with Crippen molar-refractivity contribution in [2.24, 2.45) is 7.05 Å². The zero-order valence-corrected chi connectivity index (χ0v) is 24.1. The molecule has 0 saturated heterocycles. The Labute approximate surface area is 248 Å². The van der Waals surface area contributed by atoms with Crippen LogP contribution in [0.15, 0.2) is 114 Å². The van der Waals surface area contributed by atoms with Gasteiger partial charge in [0.15, 0.2) is 11.0 Å². The first-order chi connectivity index (χ1) is 19.9. The average Bonchev–Trinajstić information content (AvgIpc) is 3.36. The monoisotopic (exact) mass is 581 g/mol. The minimum absolute atomic E-state index is 0.0990. The lowest BCUT2D eigenvalue weighted by molar-refractivity contribution is -0.120. The number of amides is 2. The Morgan fingerprint density at radius 3 is 1.98 bits per heavy atom. The third kappa shape index (κ3) is 6.85. The Hall–Kier alpha value is -4.40. The van der Waals surface area contributed by atoms with Crippen molar-refractivity contribution in [3.05, 3.63) is 131 Å². The largest absolute Gasteiger partial charge is 0.344 e. The predicted octanol–water partition coefficient (Wildman–Crippen LogP) is 6.77. The second kappa shape index (κ2) is 12.8. The van der Waals surface area contributed by atoms with E-state index in [0.717, 1.165) is 16.7 Å². The first-order valence-electron chi connectivity index (χ1n) is 13.0. The fourth-order valence-corrected chi connectivity index (χ4v) is 5.25. The SMILES string of the molecule is CC(Sc1nnc(-c2ccc(NC(=O)c3ccc(Cl)cc3)cc2)n1C)C(=O)NC(c1ccccc1)c1ccccc1. The van der Waals surface area contributed by atoms with Crippen molar-refractivity contribution >= 4 is 40.9 Å². The second-order valence-electron chi connectivity index (χ2n) is 9.43. The number of nitrogens with one attached hydrogen (secondary N) is 2. The summed E-state index contributed by atoms with van der Waals surface area (Å²) >= 11 is 7.26. The number of nitrogens with zero attached hydrogens (tertiary/aromatic N) is 3. The first kappa shape index (κ1) is 28.1. The van der Waals surface area contributed by atoms with E-state index in [1.807, 2.05) is 103 Å². The summed E-state index contributed by atoms with van der Waals surface area (Å²) in [6.45, 7) is 1.86. The lowest BCUT2D eigenvalue weighted by atomic mass is 9.98. The van der Waals surface area contributed by atoms with Crippen LogP contribution in [0, 0.1) is 0 Å². The molecule has 4 aromatic carbocycles. The molecule has 1 heterocycles. The summed E-state index contributed by atoms with van der Waals surface area (Å²) in [6.07, 6.45) is 0. The lowest BCUT2D eigenvalue weighted by Gasteiger charge is -2.22. The van der Waals surface area contributed by atoms with Crippen LogP contribution in [0.4, 0.5) is 5.69 Å². The van der Waals surface area contributed by atoms with Gasteiger partial charge in [0, 0.05) is 28.9 Å². The Morgan fingerprint density at radius 2 is 1.39 bits per heavy atom. The topological polar surface area (TPSA) is 88.9 Å². The van der Waals surface area contributed by atoms with Gasteiger partial charge >= 0.3 is 0 Å².